The van der Waals surface area contributed by atoms with Gasteiger partial charge in [0.2, 0.25) is 15.9 Å². The second-order valence-corrected chi connectivity index (χ2v) is 8.82. The quantitative estimate of drug-likeness (QED) is 0.670. The smallest absolute Gasteiger partial charge is 0.244 e. The van der Waals surface area contributed by atoms with Crippen LogP contribution in [0.25, 0.3) is 0 Å². The Morgan fingerprint density at radius 1 is 1.14 bits per heavy atom. The predicted molar refractivity (Wildman–Crippen MR) is 113 cm³/mol. The zero-order valence-corrected chi connectivity index (χ0v) is 18.1. The van der Waals surface area contributed by atoms with Crippen molar-refractivity contribution in [3.05, 3.63) is 58.1 Å². The van der Waals surface area contributed by atoms with Crippen LogP contribution in [0.5, 0.6) is 5.75 Å². The van der Waals surface area contributed by atoms with Gasteiger partial charge in [-0.2, -0.15) is 0 Å². The maximum Gasteiger partial charge on any atom is 0.244 e. The molecule has 1 N–H and O–H groups in total. The average molecular weight is 445 g/mol. The lowest BCUT2D eigenvalue weighted by atomic mass is 10.1. The molecule has 0 aromatic heterocycles. The van der Waals surface area contributed by atoms with Crippen LogP contribution in [-0.2, 0) is 21.4 Å². The maximum atomic E-state index is 12.8. The van der Waals surface area contributed by atoms with Gasteiger partial charge in [-0.1, -0.05) is 42.3 Å². The van der Waals surface area contributed by atoms with Crippen LogP contribution in [-0.4, -0.2) is 33.7 Å². The number of hydrogen-bond acceptors (Lipinski definition) is 4. The van der Waals surface area contributed by atoms with Gasteiger partial charge in [0.05, 0.1) is 29.1 Å². The molecule has 0 saturated carbocycles. The van der Waals surface area contributed by atoms with Crippen molar-refractivity contribution in [1.82, 2.24) is 5.32 Å². The van der Waals surface area contributed by atoms with Crippen molar-refractivity contribution in [3.63, 3.8) is 0 Å². The molecule has 0 bridgehead atoms. The first-order valence-corrected chi connectivity index (χ1v) is 11.1. The minimum atomic E-state index is -3.74. The van der Waals surface area contributed by atoms with E-state index >= 15 is 0 Å². The highest BCUT2D eigenvalue weighted by Gasteiger charge is 2.31. The molecule has 1 amide bonds. The number of hydrogen-bond donors (Lipinski definition) is 1. The third kappa shape index (κ3) is 5.53. The van der Waals surface area contributed by atoms with Crippen LogP contribution in [0.4, 0.5) is 5.69 Å². The lowest BCUT2D eigenvalue weighted by Gasteiger charge is -2.30. The number of ether oxygens (including phenoxy) is 1. The van der Waals surface area contributed by atoms with Gasteiger partial charge in [-0.15, -0.1) is 0 Å². The number of carbonyl (C=O) groups is 1. The molecule has 152 valence electrons. The summed E-state index contributed by atoms with van der Waals surface area (Å²) < 4.78 is 31.0. The standard InChI is InChI=1S/C19H22Cl2N2O4S/c1-4-18(19(24)22-12-13-5-8-15(27-2)9-6-13)23(28(3,25)26)14-7-10-16(20)17(21)11-14/h5-11,18H,4,12H2,1-3H3,(H,22,24). The molecule has 0 fully saturated rings. The monoisotopic (exact) mass is 444 g/mol. The van der Waals surface area contributed by atoms with E-state index in [0.29, 0.717) is 10.8 Å². The van der Waals surface area contributed by atoms with Crippen LogP contribution in [0.1, 0.15) is 18.9 Å². The molecule has 0 heterocycles. The van der Waals surface area contributed by atoms with E-state index in [1.165, 1.54) is 18.2 Å². The molecule has 0 aliphatic carbocycles. The summed E-state index contributed by atoms with van der Waals surface area (Å²) in [5.74, 6) is 0.305. The molecular formula is C19H22Cl2N2O4S. The van der Waals surface area contributed by atoms with Crippen LogP contribution in [0.3, 0.4) is 0 Å². The molecule has 0 aliphatic rings. The molecular weight excluding hydrogens is 423 g/mol. The van der Waals surface area contributed by atoms with Gasteiger partial charge in [-0.3, -0.25) is 9.10 Å². The van der Waals surface area contributed by atoms with Crippen LogP contribution >= 0.6 is 23.2 Å². The Morgan fingerprint density at radius 3 is 2.29 bits per heavy atom. The number of nitrogens with zero attached hydrogens (tertiary/aromatic N) is 1. The Hall–Kier alpha value is -1.96. The molecule has 2 rings (SSSR count). The summed E-state index contributed by atoms with van der Waals surface area (Å²) in [6, 6.07) is 10.8. The fourth-order valence-corrected chi connectivity index (χ4v) is 4.23. The zero-order chi connectivity index (χ0) is 20.9. The third-order valence-corrected chi connectivity index (χ3v) is 6.03. The maximum absolute atomic E-state index is 12.8. The zero-order valence-electron chi connectivity index (χ0n) is 15.8. The van der Waals surface area contributed by atoms with E-state index in [0.717, 1.165) is 16.1 Å². The van der Waals surface area contributed by atoms with Crippen molar-refractivity contribution < 1.29 is 17.9 Å². The molecule has 28 heavy (non-hydrogen) atoms. The largest absolute Gasteiger partial charge is 0.497 e. The van der Waals surface area contributed by atoms with E-state index < -0.39 is 22.0 Å². The highest BCUT2D eigenvalue weighted by molar-refractivity contribution is 7.92. The first-order valence-electron chi connectivity index (χ1n) is 8.52. The van der Waals surface area contributed by atoms with Crippen molar-refractivity contribution in [2.45, 2.75) is 25.9 Å². The number of nitrogens with one attached hydrogen (secondary N) is 1. The summed E-state index contributed by atoms with van der Waals surface area (Å²) in [5.41, 5.74) is 1.15. The predicted octanol–water partition coefficient (Wildman–Crippen LogP) is 3.86. The van der Waals surface area contributed by atoms with Crippen molar-refractivity contribution in [2.75, 3.05) is 17.7 Å². The molecule has 2 aromatic carbocycles. The third-order valence-electron chi connectivity index (χ3n) is 4.11. The average Bonchev–Trinajstić information content (AvgIpc) is 2.66. The normalized spacial score (nSPS) is 12.3. The Balaban J connectivity index is 2.24. The number of sulfonamides is 1. The molecule has 0 radical (unpaired) electrons. The molecule has 6 nitrogen and oxygen atoms in total. The molecule has 2 aromatic rings. The van der Waals surface area contributed by atoms with Crippen molar-refractivity contribution in [2.24, 2.45) is 0 Å². The molecule has 0 aliphatic heterocycles. The summed E-state index contributed by atoms with van der Waals surface area (Å²) >= 11 is 12.0. The van der Waals surface area contributed by atoms with Gasteiger partial charge < -0.3 is 10.1 Å². The van der Waals surface area contributed by atoms with Crippen LogP contribution in [0.15, 0.2) is 42.5 Å². The lowest BCUT2D eigenvalue weighted by molar-refractivity contribution is -0.122. The summed E-state index contributed by atoms with van der Waals surface area (Å²) in [6.07, 6.45) is 1.33. The molecule has 9 heteroatoms. The minimum Gasteiger partial charge on any atom is -0.497 e. The fraction of sp³-hybridized carbons (Fsp3) is 0.316. The van der Waals surface area contributed by atoms with Gasteiger partial charge in [0.15, 0.2) is 0 Å². The SMILES string of the molecule is CCC(C(=O)NCc1ccc(OC)cc1)N(c1ccc(Cl)c(Cl)c1)S(C)(=O)=O. The Bertz CT molecular complexity index is 933. The Morgan fingerprint density at radius 2 is 1.79 bits per heavy atom. The number of amides is 1. The van der Waals surface area contributed by atoms with Crippen molar-refractivity contribution in [1.29, 1.82) is 0 Å². The Kier molecular flexibility index (Phi) is 7.57. The van der Waals surface area contributed by atoms with E-state index in [9.17, 15) is 13.2 Å². The van der Waals surface area contributed by atoms with Crippen LogP contribution in [0, 0.1) is 0 Å². The van der Waals surface area contributed by atoms with Gasteiger partial charge in [0.1, 0.15) is 11.8 Å². The number of carbonyl (C=O) groups excluding carboxylic acids is 1. The topological polar surface area (TPSA) is 75.7 Å². The van der Waals surface area contributed by atoms with E-state index in [1.807, 2.05) is 12.1 Å². The van der Waals surface area contributed by atoms with Crippen LogP contribution in [0.2, 0.25) is 10.0 Å². The number of benzene rings is 2. The second-order valence-electron chi connectivity index (χ2n) is 6.15. The fourth-order valence-electron chi connectivity index (χ4n) is 2.73. The van der Waals surface area contributed by atoms with E-state index in [-0.39, 0.29) is 23.7 Å². The summed E-state index contributed by atoms with van der Waals surface area (Å²) in [5, 5.41) is 3.30. The van der Waals surface area contributed by atoms with Gasteiger partial charge >= 0.3 is 0 Å². The minimum absolute atomic E-state index is 0.210. The van der Waals surface area contributed by atoms with E-state index in [2.05, 4.69) is 5.32 Å². The molecule has 0 saturated heterocycles. The second kappa shape index (κ2) is 9.49. The van der Waals surface area contributed by atoms with Gasteiger partial charge in [0, 0.05) is 6.54 Å². The van der Waals surface area contributed by atoms with Crippen molar-refractivity contribution in [3.8, 4) is 5.75 Å². The first-order chi connectivity index (χ1) is 13.2. The molecule has 0 spiro atoms. The lowest BCUT2D eigenvalue weighted by Crippen LogP contribution is -2.49. The number of halogens is 2. The number of methoxy groups -OCH3 is 1. The Labute approximate surface area is 175 Å². The summed E-state index contributed by atoms with van der Waals surface area (Å²) in [6.45, 7) is 2.01. The number of rotatable bonds is 8. The highest BCUT2D eigenvalue weighted by Crippen LogP contribution is 2.30. The molecule has 1 atom stereocenters. The van der Waals surface area contributed by atoms with Crippen molar-refractivity contribution >= 4 is 44.8 Å². The van der Waals surface area contributed by atoms with Crippen LogP contribution < -0.4 is 14.4 Å². The van der Waals surface area contributed by atoms with Gasteiger partial charge in [-0.05, 0) is 42.3 Å². The first kappa shape index (κ1) is 22.3. The van der Waals surface area contributed by atoms with Gasteiger partial charge in [-0.25, -0.2) is 8.42 Å². The summed E-state index contributed by atoms with van der Waals surface area (Å²) in [7, 11) is -2.17. The molecule has 1 unspecified atom stereocenters. The number of anilines is 1. The van der Waals surface area contributed by atoms with Gasteiger partial charge in [0.25, 0.3) is 0 Å². The van der Waals surface area contributed by atoms with E-state index in [1.54, 1.807) is 26.2 Å². The highest BCUT2D eigenvalue weighted by atomic mass is 35.5. The van der Waals surface area contributed by atoms with E-state index in [4.69, 9.17) is 27.9 Å². The summed E-state index contributed by atoms with van der Waals surface area (Å²) in [4.78, 5) is 12.8.